The maximum Gasteiger partial charge on any atom is 0.252 e. The van der Waals surface area contributed by atoms with E-state index in [1.807, 2.05) is 13.8 Å². The molecule has 1 rings (SSSR count). The van der Waals surface area contributed by atoms with Gasteiger partial charge in [0.1, 0.15) is 0 Å². The summed E-state index contributed by atoms with van der Waals surface area (Å²) in [6, 6.07) is 5.13. The van der Waals surface area contributed by atoms with Gasteiger partial charge in [0.25, 0.3) is 5.91 Å². The molecule has 0 unspecified atom stereocenters. The summed E-state index contributed by atoms with van der Waals surface area (Å²) in [6.07, 6.45) is 0. The first kappa shape index (κ1) is 14.5. The second kappa shape index (κ2) is 6.40. The minimum Gasteiger partial charge on any atom is -0.355 e. The van der Waals surface area contributed by atoms with E-state index in [0.717, 1.165) is 5.56 Å². The molecule has 0 atom stereocenters. The second-order valence-electron chi connectivity index (χ2n) is 4.27. The Morgan fingerprint density at radius 2 is 2.00 bits per heavy atom. The Morgan fingerprint density at radius 1 is 1.33 bits per heavy atom. The minimum atomic E-state index is -0.239. The highest BCUT2D eigenvalue weighted by Gasteiger charge is 2.10. The first-order valence-electron chi connectivity index (χ1n) is 5.74. The van der Waals surface area contributed by atoms with Gasteiger partial charge in [-0.3, -0.25) is 9.59 Å². The average molecular weight is 269 g/mol. The molecule has 0 saturated carbocycles. The number of nitrogens with one attached hydrogen (secondary N) is 2. The first-order chi connectivity index (χ1) is 8.45. The predicted octanol–water partition coefficient (Wildman–Crippen LogP) is 1.97. The van der Waals surface area contributed by atoms with Crippen LogP contribution in [0.15, 0.2) is 18.2 Å². The van der Waals surface area contributed by atoms with Crippen molar-refractivity contribution in [1.29, 1.82) is 0 Å². The minimum absolute atomic E-state index is 0.0218. The Balaban J connectivity index is 2.79. The van der Waals surface area contributed by atoms with E-state index in [0.29, 0.717) is 17.1 Å². The zero-order valence-corrected chi connectivity index (χ0v) is 11.5. The molecule has 0 heterocycles. The van der Waals surface area contributed by atoms with Gasteiger partial charge in [0.15, 0.2) is 0 Å². The summed E-state index contributed by atoms with van der Waals surface area (Å²) in [7, 11) is 1.55. The number of halogens is 1. The third-order valence-corrected chi connectivity index (χ3v) is 2.82. The van der Waals surface area contributed by atoms with Crippen molar-refractivity contribution >= 4 is 23.4 Å². The molecule has 0 fully saturated rings. The SMILES string of the molecule is CNC(=O)c1cc(CNC(=O)C(C)C)ccc1Cl. The molecular weight excluding hydrogens is 252 g/mol. The number of hydrogen-bond acceptors (Lipinski definition) is 2. The summed E-state index contributed by atoms with van der Waals surface area (Å²) in [6.45, 7) is 4.04. The monoisotopic (exact) mass is 268 g/mol. The summed E-state index contributed by atoms with van der Waals surface area (Å²) in [4.78, 5) is 23.0. The zero-order chi connectivity index (χ0) is 13.7. The normalized spacial score (nSPS) is 10.3. The third-order valence-electron chi connectivity index (χ3n) is 2.49. The van der Waals surface area contributed by atoms with Crippen LogP contribution in [0.25, 0.3) is 0 Å². The fraction of sp³-hybridized carbons (Fsp3) is 0.385. The van der Waals surface area contributed by atoms with Crippen molar-refractivity contribution < 1.29 is 9.59 Å². The molecule has 2 amide bonds. The maximum absolute atomic E-state index is 11.5. The van der Waals surface area contributed by atoms with Gasteiger partial charge in [-0.25, -0.2) is 0 Å². The molecule has 0 aromatic heterocycles. The van der Waals surface area contributed by atoms with E-state index in [1.54, 1.807) is 25.2 Å². The number of hydrogen-bond donors (Lipinski definition) is 2. The van der Waals surface area contributed by atoms with Crippen LogP contribution in [-0.2, 0) is 11.3 Å². The lowest BCUT2D eigenvalue weighted by Crippen LogP contribution is -2.27. The van der Waals surface area contributed by atoms with Gasteiger partial charge in [0.2, 0.25) is 5.91 Å². The molecule has 18 heavy (non-hydrogen) atoms. The molecule has 98 valence electrons. The van der Waals surface area contributed by atoms with E-state index in [1.165, 1.54) is 0 Å². The number of benzene rings is 1. The van der Waals surface area contributed by atoms with E-state index in [4.69, 9.17) is 11.6 Å². The Kier molecular flexibility index (Phi) is 5.16. The van der Waals surface area contributed by atoms with Gasteiger partial charge in [0.05, 0.1) is 10.6 Å². The van der Waals surface area contributed by atoms with Crippen molar-refractivity contribution in [1.82, 2.24) is 10.6 Å². The smallest absolute Gasteiger partial charge is 0.252 e. The van der Waals surface area contributed by atoms with Crippen LogP contribution in [0.3, 0.4) is 0 Å². The van der Waals surface area contributed by atoms with Gasteiger partial charge in [-0.15, -0.1) is 0 Å². The fourth-order valence-electron chi connectivity index (χ4n) is 1.38. The molecule has 1 aromatic rings. The van der Waals surface area contributed by atoms with Gasteiger partial charge in [-0.05, 0) is 17.7 Å². The standard InChI is InChI=1S/C13H17ClN2O2/c1-8(2)12(17)16-7-9-4-5-11(14)10(6-9)13(18)15-3/h4-6,8H,7H2,1-3H3,(H,15,18)(H,16,17). The van der Waals surface area contributed by atoms with Crippen molar-refractivity contribution in [2.45, 2.75) is 20.4 Å². The van der Waals surface area contributed by atoms with Crippen LogP contribution in [0.1, 0.15) is 29.8 Å². The second-order valence-corrected chi connectivity index (χ2v) is 4.67. The van der Waals surface area contributed by atoms with E-state index in [-0.39, 0.29) is 17.7 Å². The van der Waals surface area contributed by atoms with Crippen molar-refractivity contribution in [3.8, 4) is 0 Å². The molecule has 4 nitrogen and oxygen atoms in total. The Bertz CT molecular complexity index is 458. The summed E-state index contributed by atoms with van der Waals surface area (Å²) < 4.78 is 0. The number of carbonyl (C=O) groups is 2. The van der Waals surface area contributed by atoms with Crippen LogP contribution in [-0.4, -0.2) is 18.9 Å². The van der Waals surface area contributed by atoms with Gasteiger partial charge < -0.3 is 10.6 Å². The Morgan fingerprint density at radius 3 is 2.56 bits per heavy atom. The first-order valence-corrected chi connectivity index (χ1v) is 6.11. The maximum atomic E-state index is 11.5. The topological polar surface area (TPSA) is 58.2 Å². The van der Waals surface area contributed by atoms with Gasteiger partial charge in [-0.2, -0.15) is 0 Å². The molecule has 0 bridgehead atoms. The summed E-state index contributed by atoms with van der Waals surface area (Å²) in [5.41, 5.74) is 1.25. The zero-order valence-electron chi connectivity index (χ0n) is 10.7. The average Bonchev–Trinajstić information content (AvgIpc) is 2.36. The van der Waals surface area contributed by atoms with Crippen LogP contribution < -0.4 is 10.6 Å². The predicted molar refractivity (Wildman–Crippen MR) is 71.5 cm³/mol. The molecule has 0 aliphatic heterocycles. The molecular formula is C13H17ClN2O2. The van der Waals surface area contributed by atoms with Crippen LogP contribution in [0.4, 0.5) is 0 Å². The lowest BCUT2D eigenvalue weighted by atomic mass is 10.1. The van der Waals surface area contributed by atoms with E-state index < -0.39 is 0 Å². The van der Waals surface area contributed by atoms with Crippen molar-refractivity contribution in [2.75, 3.05) is 7.05 Å². The van der Waals surface area contributed by atoms with E-state index >= 15 is 0 Å². The summed E-state index contributed by atoms with van der Waals surface area (Å²) in [5.74, 6) is -0.320. The molecule has 0 spiro atoms. The van der Waals surface area contributed by atoms with E-state index in [2.05, 4.69) is 10.6 Å². The molecule has 5 heteroatoms. The molecule has 0 radical (unpaired) electrons. The molecule has 0 aliphatic rings. The number of rotatable bonds is 4. The molecule has 2 N–H and O–H groups in total. The quantitative estimate of drug-likeness (QED) is 0.877. The summed E-state index contributed by atoms with van der Waals surface area (Å²) >= 11 is 5.93. The lowest BCUT2D eigenvalue weighted by Gasteiger charge is -2.09. The highest BCUT2D eigenvalue weighted by Crippen LogP contribution is 2.17. The van der Waals surface area contributed by atoms with Crippen LogP contribution in [0.2, 0.25) is 5.02 Å². The largest absolute Gasteiger partial charge is 0.355 e. The summed E-state index contributed by atoms with van der Waals surface area (Å²) in [5, 5.41) is 5.71. The van der Waals surface area contributed by atoms with E-state index in [9.17, 15) is 9.59 Å². The van der Waals surface area contributed by atoms with Gasteiger partial charge in [-0.1, -0.05) is 31.5 Å². The number of amides is 2. The molecule has 0 aliphatic carbocycles. The van der Waals surface area contributed by atoms with Gasteiger partial charge >= 0.3 is 0 Å². The van der Waals surface area contributed by atoms with Crippen molar-refractivity contribution in [2.24, 2.45) is 5.92 Å². The van der Waals surface area contributed by atoms with Crippen molar-refractivity contribution in [3.63, 3.8) is 0 Å². The van der Waals surface area contributed by atoms with Crippen LogP contribution in [0.5, 0.6) is 0 Å². The van der Waals surface area contributed by atoms with Crippen molar-refractivity contribution in [3.05, 3.63) is 34.3 Å². The Labute approximate surface area is 112 Å². The Hall–Kier alpha value is -1.55. The fourth-order valence-corrected chi connectivity index (χ4v) is 1.59. The highest BCUT2D eigenvalue weighted by atomic mass is 35.5. The molecule has 1 aromatic carbocycles. The highest BCUT2D eigenvalue weighted by molar-refractivity contribution is 6.33. The number of carbonyl (C=O) groups excluding carboxylic acids is 2. The van der Waals surface area contributed by atoms with Crippen LogP contribution in [0, 0.1) is 5.92 Å². The lowest BCUT2D eigenvalue weighted by molar-refractivity contribution is -0.124. The van der Waals surface area contributed by atoms with Crippen LogP contribution >= 0.6 is 11.6 Å². The van der Waals surface area contributed by atoms with Gasteiger partial charge in [0, 0.05) is 19.5 Å². The third kappa shape index (κ3) is 3.74. The molecule has 0 saturated heterocycles.